The molecule has 0 saturated heterocycles. The Morgan fingerprint density at radius 1 is 0.852 bits per heavy atom. The van der Waals surface area contributed by atoms with Gasteiger partial charge in [0, 0.05) is 11.3 Å². The first-order valence-electron chi connectivity index (χ1n) is 9.29. The number of aromatic nitrogens is 2. The van der Waals surface area contributed by atoms with Gasteiger partial charge in [0.15, 0.2) is 0 Å². The molecule has 0 atom stereocenters. The number of nitrogens with zero attached hydrogens (tertiary/aromatic N) is 2. The summed E-state index contributed by atoms with van der Waals surface area (Å²) in [4.78, 5) is 4.94. The third-order valence-corrected chi connectivity index (χ3v) is 4.96. The van der Waals surface area contributed by atoms with Crippen LogP contribution in [0.3, 0.4) is 0 Å². The molecule has 0 spiro atoms. The van der Waals surface area contributed by atoms with Crippen LogP contribution in [0.4, 0.5) is 0 Å². The molecule has 0 amide bonds. The molecule has 1 heterocycles. The number of fused-ring (bicyclic) bond motifs is 1. The fraction of sp³-hybridized carbons (Fsp3) is 0.160. The lowest BCUT2D eigenvalue weighted by Gasteiger charge is -2.19. The molecule has 2 nitrogen and oxygen atoms in total. The predicted molar refractivity (Wildman–Crippen MR) is 115 cm³/mol. The van der Waals surface area contributed by atoms with Gasteiger partial charge in [-0.2, -0.15) is 0 Å². The molecule has 0 N–H and O–H groups in total. The third-order valence-electron chi connectivity index (χ3n) is 4.96. The van der Waals surface area contributed by atoms with Gasteiger partial charge in [-0.25, -0.2) is 4.98 Å². The van der Waals surface area contributed by atoms with Crippen LogP contribution in [0.5, 0.6) is 0 Å². The molecule has 0 aliphatic heterocycles. The van der Waals surface area contributed by atoms with Gasteiger partial charge in [-0.3, -0.25) is 4.57 Å². The maximum Gasteiger partial charge on any atom is 0.145 e. The lowest BCUT2D eigenvalue weighted by Crippen LogP contribution is -2.10. The highest BCUT2D eigenvalue weighted by atomic mass is 15.1. The summed E-state index contributed by atoms with van der Waals surface area (Å²) in [5, 5.41) is 0. The molecule has 0 aliphatic carbocycles. The van der Waals surface area contributed by atoms with E-state index in [0.29, 0.717) is 0 Å². The van der Waals surface area contributed by atoms with E-state index >= 15 is 0 Å². The van der Waals surface area contributed by atoms with Gasteiger partial charge in [-0.15, -0.1) is 0 Å². The van der Waals surface area contributed by atoms with Crippen LogP contribution < -0.4 is 0 Å². The second-order valence-corrected chi connectivity index (χ2v) is 7.88. The van der Waals surface area contributed by atoms with E-state index in [9.17, 15) is 0 Å². The van der Waals surface area contributed by atoms with E-state index in [2.05, 4.69) is 98.6 Å². The van der Waals surface area contributed by atoms with Crippen molar-refractivity contribution in [3.63, 3.8) is 0 Å². The summed E-state index contributed by atoms with van der Waals surface area (Å²) in [7, 11) is 0. The summed E-state index contributed by atoms with van der Waals surface area (Å²) >= 11 is 0. The minimum Gasteiger partial charge on any atom is -0.292 e. The predicted octanol–water partition coefficient (Wildman–Crippen LogP) is 6.63. The summed E-state index contributed by atoms with van der Waals surface area (Å²) in [5.74, 6) is 0.961. The Morgan fingerprint density at radius 2 is 1.52 bits per heavy atom. The Kier molecular flexibility index (Phi) is 4.19. The van der Waals surface area contributed by atoms with Gasteiger partial charge in [0.2, 0.25) is 0 Å². The quantitative estimate of drug-likeness (QED) is 0.404. The Bertz CT molecular complexity index is 1090. The van der Waals surface area contributed by atoms with Gasteiger partial charge in [-0.1, -0.05) is 82.0 Å². The summed E-state index contributed by atoms with van der Waals surface area (Å²) in [6.07, 6.45) is 1.86. The first-order chi connectivity index (χ1) is 13.0. The van der Waals surface area contributed by atoms with Crippen molar-refractivity contribution in [2.24, 2.45) is 0 Å². The molecule has 0 saturated carbocycles. The van der Waals surface area contributed by atoms with Crippen molar-refractivity contribution >= 4 is 17.1 Å². The van der Waals surface area contributed by atoms with Gasteiger partial charge < -0.3 is 0 Å². The monoisotopic (exact) mass is 352 g/mol. The number of benzene rings is 3. The maximum atomic E-state index is 4.94. The third kappa shape index (κ3) is 3.19. The first kappa shape index (κ1) is 17.3. The molecule has 0 radical (unpaired) electrons. The zero-order valence-corrected chi connectivity index (χ0v) is 16.1. The molecule has 27 heavy (non-hydrogen) atoms. The molecule has 4 rings (SSSR count). The van der Waals surface area contributed by atoms with Crippen molar-refractivity contribution in [3.05, 3.63) is 90.5 Å². The summed E-state index contributed by atoms with van der Waals surface area (Å²) in [6.45, 7) is 10.6. The molecule has 0 bridgehead atoms. The van der Waals surface area contributed by atoms with Crippen LogP contribution >= 0.6 is 0 Å². The van der Waals surface area contributed by atoms with Gasteiger partial charge in [-0.05, 0) is 40.8 Å². The first-order valence-corrected chi connectivity index (χ1v) is 9.29. The summed E-state index contributed by atoms with van der Waals surface area (Å²) in [6, 6.07) is 25.5. The molecule has 2 heteroatoms. The van der Waals surface area contributed by atoms with Crippen LogP contribution in [0, 0.1) is 0 Å². The van der Waals surface area contributed by atoms with Crippen molar-refractivity contribution in [3.8, 4) is 17.1 Å². The minimum absolute atomic E-state index is 0.138. The normalized spacial score (nSPS) is 11.7. The van der Waals surface area contributed by atoms with Crippen molar-refractivity contribution in [1.29, 1.82) is 0 Å². The topological polar surface area (TPSA) is 17.8 Å². The smallest absolute Gasteiger partial charge is 0.145 e. The summed E-state index contributed by atoms with van der Waals surface area (Å²) < 4.78 is 2.23. The lowest BCUT2D eigenvalue weighted by molar-refractivity contribution is 0.590. The zero-order valence-electron chi connectivity index (χ0n) is 16.1. The van der Waals surface area contributed by atoms with Gasteiger partial charge >= 0.3 is 0 Å². The molecule has 134 valence electrons. The Labute approximate surface area is 160 Å². The van der Waals surface area contributed by atoms with E-state index in [1.807, 2.05) is 12.1 Å². The van der Waals surface area contributed by atoms with E-state index in [0.717, 1.165) is 33.7 Å². The van der Waals surface area contributed by atoms with Crippen LogP contribution in [0.1, 0.15) is 31.9 Å². The molecule has 0 fully saturated rings. The van der Waals surface area contributed by atoms with Crippen LogP contribution in [-0.4, -0.2) is 9.55 Å². The van der Waals surface area contributed by atoms with E-state index in [4.69, 9.17) is 4.98 Å². The van der Waals surface area contributed by atoms with Gasteiger partial charge in [0.05, 0.1) is 11.0 Å². The second-order valence-electron chi connectivity index (χ2n) is 7.88. The summed E-state index contributed by atoms with van der Waals surface area (Å²) in [5.41, 5.74) is 6.90. The van der Waals surface area contributed by atoms with Crippen LogP contribution in [-0.2, 0) is 5.41 Å². The average Bonchev–Trinajstić information content (AvgIpc) is 3.07. The molecule has 1 aromatic heterocycles. The average molecular weight is 352 g/mol. The van der Waals surface area contributed by atoms with E-state index in [1.54, 1.807) is 0 Å². The van der Waals surface area contributed by atoms with Crippen LogP contribution in [0.2, 0.25) is 0 Å². The highest BCUT2D eigenvalue weighted by Gasteiger charge is 2.16. The Balaban J connectivity index is 1.91. The number of imidazole rings is 1. The number of hydrogen-bond acceptors (Lipinski definition) is 1. The molecule has 0 aliphatic rings. The highest BCUT2D eigenvalue weighted by molar-refractivity contribution is 5.83. The Hall–Kier alpha value is -3.13. The molecular weight excluding hydrogens is 328 g/mol. The number of hydrogen-bond donors (Lipinski definition) is 0. The lowest BCUT2D eigenvalue weighted by atomic mass is 9.87. The second kappa shape index (κ2) is 6.55. The molecular formula is C25H24N2. The largest absolute Gasteiger partial charge is 0.292 e. The highest BCUT2D eigenvalue weighted by Crippen LogP contribution is 2.30. The zero-order chi connectivity index (χ0) is 19.0. The Morgan fingerprint density at radius 3 is 2.15 bits per heavy atom. The van der Waals surface area contributed by atoms with E-state index in [1.165, 1.54) is 5.56 Å². The van der Waals surface area contributed by atoms with Crippen molar-refractivity contribution in [2.45, 2.75) is 26.2 Å². The standard InChI is InChI=1S/C25H24N2/c1-5-18-10-16-21(17-11-18)27-23-9-7-6-8-22(23)26-24(27)19-12-14-20(15-13-19)25(2,3)4/h5-17H,1H2,2-4H3. The van der Waals surface area contributed by atoms with Gasteiger partial charge in [0.1, 0.15) is 5.82 Å². The fourth-order valence-corrected chi connectivity index (χ4v) is 3.36. The fourth-order valence-electron chi connectivity index (χ4n) is 3.36. The van der Waals surface area contributed by atoms with Crippen molar-refractivity contribution < 1.29 is 0 Å². The van der Waals surface area contributed by atoms with Crippen molar-refractivity contribution in [2.75, 3.05) is 0 Å². The van der Waals surface area contributed by atoms with Gasteiger partial charge in [0.25, 0.3) is 0 Å². The van der Waals surface area contributed by atoms with Crippen LogP contribution in [0.15, 0.2) is 79.4 Å². The number of para-hydroxylation sites is 2. The van der Waals surface area contributed by atoms with Crippen LogP contribution in [0.25, 0.3) is 34.2 Å². The maximum absolute atomic E-state index is 4.94. The van der Waals surface area contributed by atoms with E-state index < -0.39 is 0 Å². The molecule has 4 aromatic rings. The van der Waals surface area contributed by atoms with Crippen molar-refractivity contribution in [1.82, 2.24) is 9.55 Å². The molecule has 0 unspecified atom stereocenters. The van der Waals surface area contributed by atoms with E-state index in [-0.39, 0.29) is 5.41 Å². The SMILES string of the molecule is C=Cc1ccc(-n2c(-c3ccc(C(C)(C)C)cc3)nc3ccccc32)cc1. The number of rotatable bonds is 3. The molecule has 3 aromatic carbocycles. The minimum atomic E-state index is 0.138.